The number of aromatic amines is 1. The summed E-state index contributed by atoms with van der Waals surface area (Å²) in [4.78, 5) is 0. The molecule has 0 amide bonds. The summed E-state index contributed by atoms with van der Waals surface area (Å²) in [5, 5.41) is 22.6. The van der Waals surface area contributed by atoms with Gasteiger partial charge in [0.25, 0.3) is 0 Å². The molecule has 0 bridgehead atoms. The summed E-state index contributed by atoms with van der Waals surface area (Å²) in [5.74, 6) is 0.541. The van der Waals surface area contributed by atoms with E-state index in [9.17, 15) is 0 Å². The normalized spacial score (nSPS) is 12.5. The number of nitrogens with one attached hydrogen (secondary N) is 1. The van der Waals surface area contributed by atoms with Crippen molar-refractivity contribution in [2.24, 2.45) is 5.41 Å². The maximum absolute atomic E-state index is 5.69. The molecular weight excluding hydrogens is 466 g/mol. The van der Waals surface area contributed by atoms with Gasteiger partial charge < -0.3 is 9.47 Å². The summed E-state index contributed by atoms with van der Waals surface area (Å²) < 4.78 is 13.2. The van der Waals surface area contributed by atoms with Gasteiger partial charge in [-0.2, -0.15) is 5.21 Å². The van der Waals surface area contributed by atoms with Crippen molar-refractivity contribution in [3.05, 3.63) is 60.4 Å². The first-order valence-electron chi connectivity index (χ1n) is 12.9. The molecule has 0 aromatic carbocycles. The molecule has 0 unspecified atom stereocenters. The highest BCUT2D eigenvalue weighted by Crippen LogP contribution is 2.22. The molecule has 37 heavy (non-hydrogen) atoms. The van der Waals surface area contributed by atoms with Crippen LogP contribution in [0.5, 0.6) is 0 Å². The number of nitrogens with zero attached hydrogens (tertiary/aromatic N) is 6. The molecule has 204 valence electrons. The van der Waals surface area contributed by atoms with Gasteiger partial charge in [-0.25, -0.2) is 4.68 Å². The predicted molar refractivity (Wildman–Crippen MR) is 151 cm³/mol. The number of tetrazole rings is 1. The van der Waals surface area contributed by atoms with Gasteiger partial charge in [-0.05, 0) is 61.1 Å². The zero-order valence-corrected chi connectivity index (χ0v) is 23.7. The highest BCUT2D eigenvalue weighted by molar-refractivity contribution is 5.70. The second-order valence-electron chi connectivity index (χ2n) is 9.77. The van der Waals surface area contributed by atoms with Gasteiger partial charge in [-0.3, -0.25) is 0 Å². The van der Waals surface area contributed by atoms with Crippen LogP contribution in [0.4, 0.5) is 0 Å². The van der Waals surface area contributed by atoms with E-state index in [0.29, 0.717) is 25.6 Å². The Morgan fingerprint density at radius 3 is 2.49 bits per heavy atom. The Kier molecular flexibility index (Phi) is 15.4. The zero-order chi connectivity index (χ0) is 27.5. The molecule has 0 spiro atoms. The van der Waals surface area contributed by atoms with Crippen LogP contribution < -0.4 is 0 Å². The number of ether oxygens (including phenoxy) is 2. The number of hydrogen-bond donors (Lipinski definition) is 1. The van der Waals surface area contributed by atoms with Crippen LogP contribution >= 0.6 is 0 Å². The lowest BCUT2D eigenvalue weighted by Gasteiger charge is -2.19. The molecule has 0 radical (unpaired) electrons. The third-order valence-electron chi connectivity index (χ3n) is 4.48. The van der Waals surface area contributed by atoms with Crippen LogP contribution in [0.15, 0.2) is 43.2 Å². The smallest absolute Gasteiger partial charge is 0.204 e. The van der Waals surface area contributed by atoms with Gasteiger partial charge in [-0.15, -0.1) is 15.3 Å². The van der Waals surface area contributed by atoms with E-state index in [0.717, 1.165) is 41.9 Å². The van der Waals surface area contributed by atoms with Crippen molar-refractivity contribution in [1.29, 1.82) is 0 Å². The molecule has 2 aromatic rings. The number of aromatic nitrogens is 7. The first kappa shape index (κ1) is 31.7. The molecule has 9 nitrogen and oxygen atoms in total. The second kappa shape index (κ2) is 18.0. The Bertz CT molecular complexity index is 1010. The van der Waals surface area contributed by atoms with Crippen LogP contribution in [-0.4, -0.2) is 55.4 Å². The molecule has 9 heteroatoms. The molecule has 2 heterocycles. The summed E-state index contributed by atoms with van der Waals surface area (Å²) >= 11 is 0. The van der Waals surface area contributed by atoms with Gasteiger partial charge in [0.1, 0.15) is 5.69 Å². The van der Waals surface area contributed by atoms with Gasteiger partial charge in [0.05, 0.1) is 25.2 Å². The minimum atomic E-state index is 0.114. The molecule has 2 aromatic heterocycles. The first-order chi connectivity index (χ1) is 17.7. The third kappa shape index (κ3) is 13.5. The molecule has 0 saturated carbocycles. The molecule has 0 atom stereocenters. The van der Waals surface area contributed by atoms with E-state index in [-0.39, 0.29) is 5.41 Å². The molecule has 2 rings (SSSR count). The zero-order valence-electron chi connectivity index (χ0n) is 23.7. The number of allylic oxidation sites excluding steroid dienone is 6. The average Bonchev–Trinajstić information content (AvgIpc) is 3.49. The van der Waals surface area contributed by atoms with E-state index in [2.05, 4.69) is 72.1 Å². The minimum absolute atomic E-state index is 0.114. The Morgan fingerprint density at radius 1 is 1.14 bits per heavy atom. The van der Waals surface area contributed by atoms with Crippen molar-refractivity contribution in [2.45, 2.75) is 74.3 Å². The van der Waals surface area contributed by atoms with Crippen LogP contribution in [0.2, 0.25) is 0 Å². The number of unbranched alkanes of at least 4 members (excludes halogenated alkanes) is 1. The second-order valence-corrected chi connectivity index (χ2v) is 9.77. The quantitative estimate of drug-likeness (QED) is 0.181. The Hall–Kier alpha value is -3.33. The van der Waals surface area contributed by atoms with Crippen LogP contribution in [0.1, 0.15) is 84.9 Å². The lowest BCUT2D eigenvalue weighted by molar-refractivity contribution is 0.148. The lowest BCUT2D eigenvalue weighted by Crippen LogP contribution is -2.18. The lowest BCUT2D eigenvalue weighted by atomic mass is 9.97. The van der Waals surface area contributed by atoms with Crippen LogP contribution in [0, 0.1) is 5.41 Å². The Labute approximate surface area is 222 Å². The van der Waals surface area contributed by atoms with Crippen LogP contribution in [0.25, 0.3) is 17.2 Å². The topological polar surface area (TPSA) is 104 Å². The minimum Gasteiger partial charge on any atom is -0.501 e. The van der Waals surface area contributed by atoms with Gasteiger partial charge in [0.15, 0.2) is 0 Å². The number of H-pyrrole nitrogens is 1. The number of rotatable bonds is 14. The van der Waals surface area contributed by atoms with Crippen LogP contribution in [0.3, 0.4) is 0 Å². The Balaban J connectivity index is 0.00000217. The summed E-state index contributed by atoms with van der Waals surface area (Å²) in [6, 6.07) is 0. The fraction of sp³-hybridized carbons (Fsp3) is 0.536. The van der Waals surface area contributed by atoms with Crippen molar-refractivity contribution >= 4 is 17.2 Å². The summed E-state index contributed by atoms with van der Waals surface area (Å²) in [6.45, 7) is 21.4. The van der Waals surface area contributed by atoms with Crippen molar-refractivity contribution < 1.29 is 9.47 Å². The monoisotopic (exact) mass is 511 g/mol. The van der Waals surface area contributed by atoms with Crippen LogP contribution in [-0.2, 0) is 16.0 Å². The SMILES string of the molecule is C=C(C)c1c(/C=C\COCCCCO/C=C/C=C(\C=C/C)c2nn[nH]n2)nnn1CC(C)(C)C.CCC. The van der Waals surface area contributed by atoms with Gasteiger partial charge in [0, 0.05) is 18.7 Å². The molecule has 0 aliphatic carbocycles. The predicted octanol–water partition coefficient (Wildman–Crippen LogP) is 6.29. The summed E-state index contributed by atoms with van der Waals surface area (Å²) in [5.41, 5.74) is 3.72. The van der Waals surface area contributed by atoms with E-state index in [1.165, 1.54) is 6.42 Å². The van der Waals surface area contributed by atoms with Gasteiger partial charge in [-0.1, -0.05) is 71.1 Å². The highest BCUT2D eigenvalue weighted by atomic mass is 16.5. The van der Waals surface area contributed by atoms with Gasteiger partial charge >= 0.3 is 0 Å². The van der Waals surface area contributed by atoms with Crippen molar-refractivity contribution in [2.75, 3.05) is 19.8 Å². The van der Waals surface area contributed by atoms with Crippen molar-refractivity contribution in [3.63, 3.8) is 0 Å². The Morgan fingerprint density at radius 2 is 1.86 bits per heavy atom. The van der Waals surface area contributed by atoms with Crippen molar-refractivity contribution in [1.82, 2.24) is 35.6 Å². The fourth-order valence-corrected chi connectivity index (χ4v) is 3.07. The fourth-order valence-electron chi connectivity index (χ4n) is 3.07. The van der Waals surface area contributed by atoms with Gasteiger partial charge in [0.2, 0.25) is 5.82 Å². The first-order valence-corrected chi connectivity index (χ1v) is 12.9. The highest BCUT2D eigenvalue weighted by Gasteiger charge is 2.17. The maximum Gasteiger partial charge on any atom is 0.204 e. The maximum atomic E-state index is 5.69. The van der Waals surface area contributed by atoms with E-state index in [1.54, 1.807) is 6.26 Å². The summed E-state index contributed by atoms with van der Waals surface area (Å²) in [6.07, 6.45) is 16.2. The average molecular weight is 512 g/mol. The molecule has 0 aliphatic rings. The summed E-state index contributed by atoms with van der Waals surface area (Å²) in [7, 11) is 0. The standard InChI is InChI=1S/C25H37N7O2.C3H8/c1-7-12-21(24-27-29-30-28-24)13-10-17-33-15-8-9-16-34-18-11-14-22-23(20(2)3)32(31-26-22)19-25(4,5)6;1-3-2/h7,10-14,17H,2,8-9,15-16,18-19H2,1,3-6H3,(H,27,28,29,30);3H2,1-2H3/b12-7-,14-11-,17-10+,21-13+;. The molecule has 0 fully saturated rings. The van der Waals surface area contributed by atoms with E-state index in [1.807, 2.05) is 55.0 Å². The van der Waals surface area contributed by atoms with Crippen molar-refractivity contribution in [3.8, 4) is 0 Å². The largest absolute Gasteiger partial charge is 0.501 e. The number of hydrogen-bond acceptors (Lipinski definition) is 7. The molecule has 0 aliphatic heterocycles. The third-order valence-corrected chi connectivity index (χ3v) is 4.48. The molecular formula is C28H45N7O2. The van der Waals surface area contributed by atoms with E-state index >= 15 is 0 Å². The van der Waals surface area contributed by atoms with E-state index in [4.69, 9.17) is 9.47 Å². The van der Waals surface area contributed by atoms with E-state index < -0.39 is 0 Å². The molecule has 1 N–H and O–H groups in total. The molecule has 0 saturated heterocycles.